The maximum atomic E-state index is 10.5. The van der Waals surface area contributed by atoms with E-state index in [0.29, 0.717) is 6.42 Å². The predicted molar refractivity (Wildman–Crippen MR) is 69.6 cm³/mol. The van der Waals surface area contributed by atoms with E-state index in [-0.39, 0.29) is 16.8 Å². The third-order valence-electron chi connectivity index (χ3n) is 2.25. The number of benzene rings is 1. The van der Waals surface area contributed by atoms with Crippen LogP contribution in [0.5, 0.6) is 0 Å². The first-order valence-electron chi connectivity index (χ1n) is 5.27. The topological polar surface area (TPSA) is 93.0 Å². The Morgan fingerprint density at radius 1 is 1.53 bits per heavy atom. The molecule has 3 N–H and O–H groups in total. The highest BCUT2D eigenvalue weighted by molar-refractivity contribution is 8.00. The molecule has 0 aliphatic heterocycles. The third-order valence-corrected chi connectivity index (χ3v) is 3.63. The normalized spacial score (nSPS) is 12.1. The van der Waals surface area contributed by atoms with Crippen LogP contribution in [0.4, 0.5) is 5.69 Å². The van der Waals surface area contributed by atoms with Crippen molar-refractivity contribution in [3.63, 3.8) is 0 Å². The van der Waals surface area contributed by atoms with Gasteiger partial charge in [-0.1, -0.05) is 6.92 Å². The van der Waals surface area contributed by atoms with Crippen molar-refractivity contribution >= 4 is 23.3 Å². The van der Waals surface area contributed by atoms with Gasteiger partial charge in [0, 0.05) is 28.7 Å². The van der Waals surface area contributed by atoms with Gasteiger partial charge in [0.05, 0.1) is 10.8 Å². The predicted octanol–water partition coefficient (Wildman–Crippen LogP) is 2.79. The maximum Gasteiger partial charge on any atom is 0.269 e. The molecule has 0 spiro atoms. The summed E-state index contributed by atoms with van der Waals surface area (Å²) in [5, 5.41) is 18.0. The van der Waals surface area contributed by atoms with Crippen LogP contribution in [-0.2, 0) is 0 Å². The first-order valence-corrected chi connectivity index (χ1v) is 6.15. The van der Waals surface area contributed by atoms with Crippen LogP contribution in [0.15, 0.2) is 29.2 Å². The quantitative estimate of drug-likeness (QED) is 0.268. The van der Waals surface area contributed by atoms with Crippen molar-refractivity contribution in [3.8, 4) is 0 Å². The van der Waals surface area contributed by atoms with Gasteiger partial charge in [-0.25, -0.2) is 0 Å². The fourth-order valence-electron chi connectivity index (χ4n) is 1.35. The van der Waals surface area contributed by atoms with Crippen LogP contribution >= 0.6 is 11.8 Å². The van der Waals surface area contributed by atoms with Crippen LogP contribution in [-0.4, -0.2) is 16.0 Å². The second-order valence-electron chi connectivity index (χ2n) is 3.63. The zero-order chi connectivity index (χ0) is 12.8. The molecule has 0 saturated heterocycles. The van der Waals surface area contributed by atoms with E-state index < -0.39 is 4.92 Å². The third kappa shape index (κ3) is 4.44. The van der Waals surface area contributed by atoms with Gasteiger partial charge in [0.2, 0.25) is 0 Å². The van der Waals surface area contributed by atoms with Crippen LogP contribution in [0.1, 0.15) is 19.8 Å². The number of amidine groups is 1. The average Bonchev–Trinajstić information content (AvgIpc) is 2.28. The second-order valence-corrected chi connectivity index (χ2v) is 5.00. The number of rotatable bonds is 6. The Morgan fingerprint density at radius 2 is 2.12 bits per heavy atom. The van der Waals surface area contributed by atoms with E-state index in [1.807, 2.05) is 6.92 Å². The molecule has 17 heavy (non-hydrogen) atoms. The number of non-ortho nitro benzene ring substituents is 1. The molecule has 0 fully saturated rings. The Kier molecular flexibility index (Phi) is 4.96. The van der Waals surface area contributed by atoms with E-state index in [2.05, 4.69) is 0 Å². The summed E-state index contributed by atoms with van der Waals surface area (Å²) in [7, 11) is 0. The number of hydrogen-bond donors (Lipinski definition) is 2. The first kappa shape index (κ1) is 13.5. The summed E-state index contributed by atoms with van der Waals surface area (Å²) in [6.07, 6.45) is 1.44. The molecule has 0 bridgehead atoms. The van der Waals surface area contributed by atoms with E-state index in [1.165, 1.54) is 12.1 Å². The minimum absolute atomic E-state index is 0.0916. The number of nitro benzene ring substituents is 1. The van der Waals surface area contributed by atoms with Crippen LogP contribution in [0.25, 0.3) is 0 Å². The summed E-state index contributed by atoms with van der Waals surface area (Å²) < 4.78 is 0. The lowest BCUT2D eigenvalue weighted by molar-refractivity contribution is -0.384. The summed E-state index contributed by atoms with van der Waals surface area (Å²) in [4.78, 5) is 11.0. The number of nitro groups is 1. The van der Waals surface area contributed by atoms with Crippen LogP contribution in [0, 0.1) is 15.5 Å². The average molecular weight is 253 g/mol. The molecule has 1 rings (SSSR count). The van der Waals surface area contributed by atoms with Gasteiger partial charge >= 0.3 is 0 Å². The molecule has 0 radical (unpaired) electrons. The van der Waals surface area contributed by atoms with Crippen LogP contribution in [0.2, 0.25) is 0 Å². The lowest BCUT2D eigenvalue weighted by Crippen LogP contribution is -2.16. The second kappa shape index (κ2) is 6.24. The van der Waals surface area contributed by atoms with Crippen molar-refractivity contribution in [2.75, 3.05) is 0 Å². The largest absolute Gasteiger partial charge is 0.388 e. The molecule has 1 aromatic carbocycles. The highest BCUT2D eigenvalue weighted by Gasteiger charge is 2.11. The standard InChI is InChI=1S/C11H15N3O2S/c1-2-9(7-11(12)13)17-10-5-3-8(4-6-10)14(15)16/h3-6,9H,2,7H2,1H3,(H3,12,13). The van der Waals surface area contributed by atoms with Gasteiger partial charge < -0.3 is 5.73 Å². The van der Waals surface area contributed by atoms with Crippen LogP contribution < -0.4 is 5.73 Å². The molecule has 1 unspecified atom stereocenters. The molecule has 5 nitrogen and oxygen atoms in total. The fourth-order valence-corrected chi connectivity index (χ4v) is 2.46. The highest BCUT2D eigenvalue weighted by Crippen LogP contribution is 2.28. The Balaban J connectivity index is 2.67. The smallest absolute Gasteiger partial charge is 0.269 e. The van der Waals surface area contributed by atoms with E-state index >= 15 is 0 Å². The summed E-state index contributed by atoms with van der Waals surface area (Å²) in [5.74, 6) is 0.172. The molecule has 0 aliphatic rings. The van der Waals surface area contributed by atoms with Crippen molar-refractivity contribution in [1.82, 2.24) is 0 Å². The number of thioether (sulfide) groups is 1. The summed E-state index contributed by atoms with van der Waals surface area (Å²) >= 11 is 1.59. The Morgan fingerprint density at radius 3 is 2.53 bits per heavy atom. The lowest BCUT2D eigenvalue weighted by Gasteiger charge is -2.13. The number of nitrogens with one attached hydrogen (secondary N) is 1. The van der Waals surface area contributed by atoms with Crippen LogP contribution in [0.3, 0.4) is 0 Å². The molecule has 0 aliphatic carbocycles. The molecular weight excluding hydrogens is 238 g/mol. The van der Waals surface area contributed by atoms with Crippen molar-refractivity contribution in [1.29, 1.82) is 5.41 Å². The van der Waals surface area contributed by atoms with Crippen molar-refractivity contribution in [2.24, 2.45) is 5.73 Å². The Hall–Kier alpha value is -1.56. The minimum Gasteiger partial charge on any atom is -0.388 e. The van der Waals surface area contributed by atoms with Crippen molar-refractivity contribution in [2.45, 2.75) is 29.9 Å². The molecular formula is C11H15N3O2S. The van der Waals surface area contributed by atoms with Crippen molar-refractivity contribution < 1.29 is 4.92 Å². The number of nitrogens with two attached hydrogens (primary N) is 1. The summed E-state index contributed by atoms with van der Waals surface area (Å²) in [5.41, 5.74) is 5.46. The van der Waals surface area contributed by atoms with Gasteiger partial charge in [-0.05, 0) is 18.6 Å². The fraction of sp³-hybridized carbons (Fsp3) is 0.364. The van der Waals surface area contributed by atoms with E-state index in [4.69, 9.17) is 11.1 Å². The molecule has 1 atom stereocenters. The van der Waals surface area contributed by atoms with E-state index in [1.54, 1.807) is 23.9 Å². The zero-order valence-corrected chi connectivity index (χ0v) is 10.4. The number of hydrogen-bond acceptors (Lipinski definition) is 4. The molecule has 6 heteroatoms. The maximum absolute atomic E-state index is 10.5. The lowest BCUT2D eigenvalue weighted by atomic mass is 10.2. The highest BCUT2D eigenvalue weighted by atomic mass is 32.2. The van der Waals surface area contributed by atoms with Crippen molar-refractivity contribution in [3.05, 3.63) is 34.4 Å². The van der Waals surface area contributed by atoms with E-state index in [0.717, 1.165) is 11.3 Å². The molecule has 1 aromatic rings. The van der Waals surface area contributed by atoms with Gasteiger partial charge in [-0.2, -0.15) is 0 Å². The monoisotopic (exact) mass is 253 g/mol. The van der Waals surface area contributed by atoms with Gasteiger partial charge in [0.1, 0.15) is 0 Å². The SMILES string of the molecule is CCC(CC(=N)N)Sc1ccc([N+](=O)[O-])cc1. The van der Waals surface area contributed by atoms with E-state index in [9.17, 15) is 10.1 Å². The van der Waals surface area contributed by atoms with Gasteiger partial charge in [0.25, 0.3) is 5.69 Å². The Bertz CT molecular complexity index is 406. The molecule has 0 amide bonds. The van der Waals surface area contributed by atoms with Gasteiger partial charge in [0.15, 0.2) is 0 Å². The molecule has 0 heterocycles. The first-order chi connectivity index (χ1) is 8.02. The van der Waals surface area contributed by atoms with Gasteiger partial charge in [-0.3, -0.25) is 15.5 Å². The number of nitrogens with zero attached hydrogens (tertiary/aromatic N) is 1. The summed E-state index contributed by atoms with van der Waals surface area (Å²) in [6, 6.07) is 6.43. The molecule has 0 aromatic heterocycles. The summed E-state index contributed by atoms with van der Waals surface area (Å²) in [6.45, 7) is 2.03. The Labute approximate surface area is 104 Å². The van der Waals surface area contributed by atoms with Gasteiger partial charge in [-0.15, -0.1) is 11.8 Å². The molecule has 92 valence electrons. The molecule has 0 saturated carbocycles. The zero-order valence-electron chi connectivity index (χ0n) is 9.55. The minimum atomic E-state index is -0.415.